The van der Waals surface area contributed by atoms with Gasteiger partial charge in [0.1, 0.15) is 5.75 Å². The Kier molecular flexibility index (Phi) is 6.22. The van der Waals surface area contributed by atoms with Crippen molar-refractivity contribution >= 4 is 34.6 Å². The molecule has 0 aliphatic heterocycles. The number of rotatable bonds is 5. The Bertz CT molecular complexity index is 412. The highest BCUT2D eigenvalue weighted by molar-refractivity contribution is 7.80. The number of thiocarbonyl (C=S) groups is 1. The van der Waals surface area contributed by atoms with Crippen LogP contribution >= 0.6 is 23.8 Å². The van der Waals surface area contributed by atoms with Gasteiger partial charge in [-0.1, -0.05) is 24.9 Å². The summed E-state index contributed by atoms with van der Waals surface area (Å²) in [4.78, 5) is 0. The summed E-state index contributed by atoms with van der Waals surface area (Å²) in [5.41, 5.74) is 0.849. The lowest BCUT2D eigenvalue weighted by Gasteiger charge is -2.16. The SMILES string of the molecule is CCCC(C)NC(=S)Nc1ccc(OC)c(Cl)c1. The normalized spacial score (nSPS) is 11.8. The Morgan fingerprint density at radius 3 is 2.78 bits per heavy atom. The number of halogens is 1. The third-order valence-electron chi connectivity index (χ3n) is 2.51. The standard InChI is InChI=1S/C13H19ClN2OS/c1-4-5-9(2)15-13(18)16-10-6-7-12(17-3)11(14)8-10/h6-9H,4-5H2,1-3H3,(H2,15,16,18). The minimum atomic E-state index is 0.365. The molecule has 0 aliphatic carbocycles. The van der Waals surface area contributed by atoms with Crippen LogP contribution in [0.5, 0.6) is 5.75 Å². The Hall–Kier alpha value is -1.00. The van der Waals surface area contributed by atoms with Gasteiger partial charge in [-0.2, -0.15) is 0 Å². The van der Waals surface area contributed by atoms with Crippen LogP contribution in [-0.4, -0.2) is 18.3 Å². The van der Waals surface area contributed by atoms with Gasteiger partial charge >= 0.3 is 0 Å². The van der Waals surface area contributed by atoms with E-state index in [4.69, 9.17) is 28.6 Å². The second-order valence-corrected chi connectivity index (χ2v) is 4.95. The van der Waals surface area contributed by atoms with Gasteiger partial charge in [0.25, 0.3) is 0 Å². The summed E-state index contributed by atoms with van der Waals surface area (Å²) in [5.74, 6) is 0.653. The Morgan fingerprint density at radius 2 is 2.22 bits per heavy atom. The second kappa shape index (κ2) is 7.44. The topological polar surface area (TPSA) is 33.3 Å². The maximum atomic E-state index is 6.04. The molecule has 0 bridgehead atoms. The maximum absolute atomic E-state index is 6.04. The number of hydrogen-bond acceptors (Lipinski definition) is 2. The first kappa shape index (κ1) is 15.1. The van der Waals surface area contributed by atoms with Crippen molar-refractivity contribution < 1.29 is 4.74 Å². The molecular formula is C13H19ClN2OS. The zero-order valence-corrected chi connectivity index (χ0v) is 12.5. The molecule has 1 atom stereocenters. The molecule has 1 aromatic carbocycles. The van der Waals surface area contributed by atoms with E-state index >= 15 is 0 Å². The monoisotopic (exact) mass is 286 g/mol. The van der Waals surface area contributed by atoms with Crippen LogP contribution in [0, 0.1) is 0 Å². The molecule has 0 fully saturated rings. The fraction of sp³-hybridized carbons (Fsp3) is 0.462. The van der Waals surface area contributed by atoms with Gasteiger partial charge in [0.05, 0.1) is 12.1 Å². The van der Waals surface area contributed by atoms with Crippen LogP contribution in [-0.2, 0) is 0 Å². The van der Waals surface area contributed by atoms with Crippen molar-refractivity contribution in [2.75, 3.05) is 12.4 Å². The Balaban J connectivity index is 2.57. The number of nitrogens with one attached hydrogen (secondary N) is 2. The van der Waals surface area contributed by atoms with E-state index in [1.807, 2.05) is 12.1 Å². The summed E-state index contributed by atoms with van der Waals surface area (Å²) < 4.78 is 5.09. The molecule has 1 aromatic rings. The Morgan fingerprint density at radius 1 is 1.50 bits per heavy atom. The van der Waals surface area contributed by atoms with Gasteiger partial charge in [0.15, 0.2) is 5.11 Å². The van der Waals surface area contributed by atoms with Crippen molar-refractivity contribution in [3.8, 4) is 5.75 Å². The summed E-state index contributed by atoms with van der Waals surface area (Å²) in [5, 5.41) is 7.50. The van der Waals surface area contributed by atoms with Gasteiger partial charge in [-0.15, -0.1) is 0 Å². The first-order valence-corrected chi connectivity index (χ1v) is 6.76. The number of hydrogen-bond donors (Lipinski definition) is 2. The molecule has 0 saturated carbocycles. The molecule has 0 spiro atoms. The minimum Gasteiger partial charge on any atom is -0.495 e. The van der Waals surface area contributed by atoms with Gasteiger partial charge in [0, 0.05) is 11.7 Å². The largest absolute Gasteiger partial charge is 0.495 e. The lowest BCUT2D eigenvalue weighted by atomic mass is 10.2. The first-order valence-electron chi connectivity index (χ1n) is 5.97. The van der Waals surface area contributed by atoms with Crippen molar-refractivity contribution in [3.05, 3.63) is 23.2 Å². The van der Waals surface area contributed by atoms with E-state index in [2.05, 4.69) is 24.5 Å². The third-order valence-corrected chi connectivity index (χ3v) is 3.02. The average molecular weight is 287 g/mol. The van der Waals surface area contributed by atoms with Gasteiger partial charge in [-0.05, 0) is 43.8 Å². The van der Waals surface area contributed by atoms with Crippen LogP contribution < -0.4 is 15.4 Å². The highest BCUT2D eigenvalue weighted by atomic mass is 35.5. The summed E-state index contributed by atoms with van der Waals surface area (Å²) in [6.45, 7) is 4.26. The molecule has 2 N–H and O–H groups in total. The highest BCUT2D eigenvalue weighted by Gasteiger charge is 2.05. The van der Waals surface area contributed by atoms with Crippen LogP contribution in [0.4, 0.5) is 5.69 Å². The van der Waals surface area contributed by atoms with Crippen molar-refractivity contribution in [2.24, 2.45) is 0 Å². The van der Waals surface area contributed by atoms with Crippen molar-refractivity contribution in [1.29, 1.82) is 0 Å². The van der Waals surface area contributed by atoms with Crippen molar-refractivity contribution in [3.63, 3.8) is 0 Å². The number of anilines is 1. The predicted molar refractivity (Wildman–Crippen MR) is 81.7 cm³/mol. The number of benzene rings is 1. The van der Waals surface area contributed by atoms with Gasteiger partial charge < -0.3 is 15.4 Å². The predicted octanol–water partition coefficient (Wildman–Crippen LogP) is 3.82. The van der Waals surface area contributed by atoms with Gasteiger partial charge in [-0.3, -0.25) is 0 Å². The fourth-order valence-electron chi connectivity index (χ4n) is 1.64. The van der Waals surface area contributed by atoms with E-state index in [-0.39, 0.29) is 0 Å². The van der Waals surface area contributed by atoms with E-state index in [1.165, 1.54) is 0 Å². The zero-order valence-electron chi connectivity index (χ0n) is 10.9. The van der Waals surface area contributed by atoms with E-state index in [9.17, 15) is 0 Å². The first-order chi connectivity index (χ1) is 8.56. The molecule has 0 radical (unpaired) electrons. The van der Waals surface area contributed by atoms with Gasteiger partial charge in [0.2, 0.25) is 0 Å². The molecule has 0 heterocycles. The number of methoxy groups -OCH3 is 1. The van der Waals surface area contributed by atoms with Gasteiger partial charge in [-0.25, -0.2) is 0 Å². The van der Waals surface area contributed by atoms with E-state index in [1.54, 1.807) is 13.2 Å². The average Bonchev–Trinajstić information content (AvgIpc) is 2.29. The number of ether oxygens (including phenoxy) is 1. The molecule has 0 amide bonds. The molecule has 3 nitrogen and oxygen atoms in total. The second-order valence-electron chi connectivity index (χ2n) is 4.14. The lowest BCUT2D eigenvalue weighted by molar-refractivity contribution is 0.415. The molecule has 1 unspecified atom stereocenters. The summed E-state index contributed by atoms with van der Waals surface area (Å²) >= 11 is 11.3. The van der Waals surface area contributed by atoms with E-state index < -0.39 is 0 Å². The lowest BCUT2D eigenvalue weighted by Crippen LogP contribution is -2.35. The van der Waals surface area contributed by atoms with E-state index in [0.717, 1.165) is 18.5 Å². The highest BCUT2D eigenvalue weighted by Crippen LogP contribution is 2.27. The van der Waals surface area contributed by atoms with Crippen LogP contribution in [0.3, 0.4) is 0 Å². The van der Waals surface area contributed by atoms with Crippen LogP contribution in [0.2, 0.25) is 5.02 Å². The minimum absolute atomic E-state index is 0.365. The molecule has 0 saturated heterocycles. The molecule has 100 valence electrons. The molecule has 1 rings (SSSR count). The Labute approximate surface area is 119 Å². The smallest absolute Gasteiger partial charge is 0.170 e. The molecular weight excluding hydrogens is 268 g/mol. The zero-order chi connectivity index (χ0) is 13.5. The third kappa shape index (κ3) is 4.70. The maximum Gasteiger partial charge on any atom is 0.170 e. The quantitative estimate of drug-likeness (QED) is 0.806. The van der Waals surface area contributed by atoms with Crippen LogP contribution in [0.25, 0.3) is 0 Å². The molecule has 18 heavy (non-hydrogen) atoms. The van der Waals surface area contributed by atoms with Crippen LogP contribution in [0.15, 0.2) is 18.2 Å². The van der Waals surface area contributed by atoms with Crippen molar-refractivity contribution in [1.82, 2.24) is 5.32 Å². The summed E-state index contributed by atoms with van der Waals surface area (Å²) in [6.07, 6.45) is 2.22. The van der Waals surface area contributed by atoms with E-state index in [0.29, 0.717) is 21.9 Å². The van der Waals surface area contributed by atoms with Crippen LogP contribution in [0.1, 0.15) is 26.7 Å². The molecule has 5 heteroatoms. The summed E-state index contributed by atoms with van der Waals surface area (Å²) in [7, 11) is 1.59. The van der Waals surface area contributed by atoms with Crippen molar-refractivity contribution in [2.45, 2.75) is 32.7 Å². The molecule has 0 aliphatic rings. The summed E-state index contributed by atoms with van der Waals surface area (Å²) in [6, 6.07) is 5.84. The molecule has 0 aromatic heterocycles. The fourth-order valence-corrected chi connectivity index (χ4v) is 2.22.